The van der Waals surface area contributed by atoms with Crippen molar-refractivity contribution < 1.29 is 9.72 Å². The highest BCUT2D eigenvalue weighted by atomic mass is 16.6. The van der Waals surface area contributed by atoms with Crippen LogP contribution in [0.4, 0.5) is 0 Å². The second kappa shape index (κ2) is 5.24. The molecule has 0 aromatic heterocycles. The fourth-order valence-electron chi connectivity index (χ4n) is 1.53. The van der Waals surface area contributed by atoms with E-state index < -0.39 is 16.7 Å². The van der Waals surface area contributed by atoms with E-state index in [1.165, 1.54) is 0 Å². The largest absolute Gasteiger partial charge is 0.452 e. The third-order valence-electron chi connectivity index (χ3n) is 2.26. The number of benzene rings is 1. The molecule has 80 valence electrons. The van der Waals surface area contributed by atoms with Crippen LogP contribution in [-0.4, -0.2) is 10.8 Å². The van der Waals surface area contributed by atoms with Gasteiger partial charge in [-0.25, -0.2) is 4.79 Å². The fourth-order valence-corrected chi connectivity index (χ4v) is 1.53. The molecule has 0 aliphatic rings. The second-order valence-corrected chi connectivity index (χ2v) is 3.35. The van der Waals surface area contributed by atoms with Crippen LogP contribution < -0.4 is 0 Å². The molecule has 0 radical (unpaired) electrons. The van der Waals surface area contributed by atoms with Crippen molar-refractivity contribution in [3.8, 4) is 0 Å². The van der Waals surface area contributed by atoms with Gasteiger partial charge in [0.15, 0.2) is 0 Å². The lowest BCUT2D eigenvalue weighted by Gasteiger charge is -2.09. The van der Waals surface area contributed by atoms with Crippen LogP contribution in [-0.2, 0) is 4.79 Å². The molecular formula is C11H13NO3. The highest BCUT2D eigenvalue weighted by molar-refractivity contribution is 5.76. The first kappa shape index (κ1) is 11.4. The molecule has 0 bridgehead atoms. The Morgan fingerprint density at radius 2 is 2.00 bits per heavy atom. The van der Waals surface area contributed by atoms with Crippen molar-refractivity contribution in [2.24, 2.45) is 0 Å². The van der Waals surface area contributed by atoms with E-state index in [4.69, 9.17) is 0 Å². The molecule has 1 atom stereocenters. The average molecular weight is 207 g/mol. The summed E-state index contributed by atoms with van der Waals surface area (Å²) in [6.07, 6.45) is 1.27. The fraction of sp³-hybridized carbons (Fsp3) is 0.364. The standard InChI is InChI=1S/C11H13NO3/c1-2-6-10(11(13)12(14)15)9-7-4-3-5-8-9/h3-5,7-8,10H,2,6H2,1H3. The molecule has 0 saturated heterocycles. The molecule has 1 rings (SSSR count). The first-order valence-corrected chi connectivity index (χ1v) is 4.90. The quantitative estimate of drug-likeness (QED) is 0.562. The number of nitro groups is 1. The number of nitrogens with zero attached hydrogens (tertiary/aromatic N) is 1. The van der Waals surface area contributed by atoms with Gasteiger partial charge in [0.2, 0.25) is 0 Å². The Bertz CT molecular complexity index is 348. The minimum atomic E-state index is -0.914. The number of amides is 1. The van der Waals surface area contributed by atoms with Gasteiger partial charge in [-0.2, -0.15) is 0 Å². The van der Waals surface area contributed by atoms with Gasteiger partial charge >= 0.3 is 5.91 Å². The summed E-state index contributed by atoms with van der Waals surface area (Å²) in [6, 6.07) is 8.89. The maximum atomic E-state index is 11.3. The first-order valence-electron chi connectivity index (χ1n) is 4.90. The first-order chi connectivity index (χ1) is 7.16. The molecule has 0 N–H and O–H groups in total. The molecule has 0 spiro atoms. The normalized spacial score (nSPS) is 12.1. The zero-order valence-corrected chi connectivity index (χ0v) is 8.55. The maximum absolute atomic E-state index is 11.3. The van der Waals surface area contributed by atoms with Crippen LogP contribution >= 0.6 is 0 Å². The van der Waals surface area contributed by atoms with Crippen molar-refractivity contribution in [1.82, 2.24) is 0 Å². The third kappa shape index (κ3) is 2.87. The van der Waals surface area contributed by atoms with E-state index in [2.05, 4.69) is 0 Å². The summed E-state index contributed by atoms with van der Waals surface area (Å²) >= 11 is 0. The van der Waals surface area contributed by atoms with Crippen LogP contribution in [0.3, 0.4) is 0 Å². The van der Waals surface area contributed by atoms with Gasteiger partial charge in [0.05, 0.1) is 0 Å². The third-order valence-corrected chi connectivity index (χ3v) is 2.26. The lowest BCUT2D eigenvalue weighted by molar-refractivity contribution is -0.404. The Labute approximate surface area is 88.1 Å². The van der Waals surface area contributed by atoms with Gasteiger partial charge in [-0.15, -0.1) is 0 Å². The summed E-state index contributed by atoms with van der Waals surface area (Å²) in [6.45, 7) is 1.91. The van der Waals surface area contributed by atoms with E-state index in [1.54, 1.807) is 24.3 Å². The molecule has 0 fully saturated rings. The summed E-state index contributed by atoms with van der Waals surface area (Å²) in [5.74, 6) is -1.52. The lowest BCUT2D eigenvalue weighted by Crippen LogP contribution is -2.20. The van der Waals surface area contributed by atoms with Crippen LogP contribution in [0.1, 0.15) is 31.2 Å². The molecule has 4 nitrogen and oxygen atoms in total. The van der Waals surface area contributed by atoms with Crippen molar-refractivity contribution in [2.75, 3.05) is 0 Å². The van der Waals surface area contributed by atoms with Crippen LogP contribution in [0.2, 0.25) is 0 Å². The molecule has 0 saturated carbocycles. The summed E-state index contributed by atoms with van der Waals surface area (Å²) in [5, 5.41) is 10.4. The van der Waals surface area contributed by atoms with E-state index in [-0.39, 0.29) is 0 Å². The topological polar surface area (TPSA) is 60.2 Å². The smallest absolute Gasteiger partial charge is 0.256 e. The van der Waals surface area contributed by atoms with E-state index in [9.17, 15) is 14.9 Å². The van der Waals surface area contributed by atoms with Gasteiger partial charge in [-0.3, -0.25) is 10.1 Å². The molecule has 0 aliphatic heterocycles. The minimum absolute atomic E-state index is 0.518. The summed E-state index contributed by atoms with van der Waals surface area (Å²) in [7, 11) is 0. The van der Waals surface area contributed by atoms with Crippen molar-refractivity contribution in [3.05, 3.63) is 46.0 Å². The SMILES string of the molecule is CCCC(C(=O)[N+](=O)[O-])c1ccccc1. The number of hydrogen-bond donors (Lipinski definition) is 0. The van der Waals surface area contributed by atoms with Crippen molar-refractivity contribution in [3.63, 3.8) is 0 Å². The predicted molar refractivity (Wildman–Crippen MR) is 56.1 cm³/mol. The Hall–Kier alpha value is -1.71. The lowest BCUT2D eigenvalue weighted by atomic mass is 9.94. The Morgan fingerprint density at radius 3 is 2.47 bits per heavy atom. The molecule has 1 aromatic carbocycles. The number of rotatable bonds is 4. The number of carbonyl (C=O) groups excluding carboxylic acids is 1. The van der Waals surface area contributed by atoms with Crippen LogP contribution in [0, 0.1) is 10.1 Å². The molecule has 15 heavy (non-hydrogen) atoms. The molecule has 0 aliphatic carbocycles. The monoisotopic (exact) mass is 207 g/mol. The zero-order chi connectivity index (χ0) is 11.3. The van der Waals surface area contributed by atoms with Crippen molar-refractivity contribution in [2.45, 2.75) is 25.7 Å². The molecule has 4 heteroatoms. The van der Waals surface area contributed by atoms with Crippen LogP contribution in [0.25, 0.3) is 0 Å². The van der Waals surface area contributed by atoms with Gasteiger partial charge in [-0.05, 0) is 12.0 Å². The second-order valence-electron chi connectivity index (χ2n) is 3.35. The zero-order valence-electron chi connectivity index (χ0n) is 8.55. The van der Waals surface area contributed by atoms with Gasteiger partial charge in [0.1, 0.15) is 10.8 Å². The van der Waals surface area contributed by atoms with Gasteiger partial charge in [-0.1, -0.05) is 43.7 Å². The van der Waals surface area contributed by atoms with Crippen molar-refractivity contribution >= 4 is 5.91 Å². The Balaban J connectivity index is 2.93. The average Bonchev–Trinajstić information content (AvgIpc) is 2.26. The van der Waals surface area contributed by atoms with Crippen LogP contribution in [0.5, 0.6) is 0 Å². The summed E-state index contributed by atoms with van der Waals surface area (Å²) in [4.78, 5) is 21.0. The number of carbonyl (C=O) groups is 1. The highest BCUT2D eigenvalue weighted by Crippen LogP contribution is 2.22. The minimum Gasteiger partial charge on any atom is -0.256 e. The predicted octanol–water partition coefficient (Wildman–Crippen LogP) is 2.37. The van der Waals surface area contributed by atoms with Gasteiger partial charge in [0, 0.05) is 0 Å². The molecule has 0 heterocycles. The summed E-state index contributed by atoms with van der Waals surface area (Å²) in [5.41, 5.74) is 0.723. The Morgan fingerprint density at radius 1 is 1.40 bits per heavy atom. The van der Waals surface area contributed by atoms with E-state index in [0.29, 0.717) is 6.42 Å². The van der Waals surface area contributed by atoms with Gasteiger partial charge < -0.3 is 0 Å². The Kier molecular flexibility index (Phi) is 3.97. The molecule has 1 unspecified atom stereocenters. The molecule has 1 amide bonds. The summed E-state index contributed by atoms with van der Waals surface area (Å²) < 4.78 is 0. The van der Waals surface area contributed by atoms with Crippen LogP contribution in [0.15, 0.2) is 30.3 Å². The molecule has 1 aromatic rings. The van der Waals surface area contributed by atoms with Gasteiger partial charge in [0.25, 0.3) is 0 Å². The van der Waals surface area contributed by atoms with E-state index >= 15 is 0 Å². The highest BCUT2D eigenvalue weighted by Gasteiger charge is 2.29. The van der Waals surface area contributed by atoms with Crippen molar-refractivity contribution in [1.29, 1.82) is 0 Å². The number of hydrogen-bond acceptors (Lipinski definition) is 3. The molecular weight excluding hydrogens is 194 g/mol. The maximum Gasteiger partial charge on any atom is 0.452 e. The van der Waals surface area contributed by atoms with E-state index in [0.717, 1.165) is 12.0 Å². The van der Waals surface area contributed by atoms with E-state index in [1.807, 2.05) is 13.0 Å².